The van der Waals surface area contributed by atoms with Crippen molar-refractivity contribution >= 4 is 28.6 Å². The van der Waals surface area contributed by atoms with Gasteiger partial charge in [0, 0.05) is 16.1 Å². The summed E-state index contributed by atoms with van der Waals surface area (Å²) >= 11 is 2.22. The molecule has 0 atom stereocenters. The summed E-state index contributed by atoms with van der Waals surface area (Å²) in [6.45, 7) is 7.96. The van der Waals surface area contributed by atoms with Crippen LogP contribution >= 0.6 is 22.6 Å². The van der Waals surface area contributed by atoms with E-state index in [9.17, 15) is 4.79 Å². The molecule has 0 amide bonds. The largest absolute Gasteiger partial charge is 0.488 e. The van der Waals surface area contributed by atoms with Gasteiger partial charge in [0.15, 0.2) is 0 Å². The monoisotopic (exact) mass is 410 g/mol. The average molecular weight is 410 g/mol. The molecule has 4 heteroatoms. The molecule has 0 unspecified atom stereocenters. The molecule has 0 heterocycles. The van der Waals surface area contributed by atoms with Crippen molar-refractivity contribution in [1.82, 2.24) is 0 Å². The molecule has 0 saturated heterocycles. The molecule has 22 heavy (non-hydrogen) atoms. The van der Waals surface area contributed by atoms with E-state index >= 15 is 0 Å². The van der Waals surface area contributed by atoms with Crippen LogP contribution in [0.2, 0.25) is 0 Å². The van der Waals surface area contributed by atoms with Crippen LogP contribution in [0.15, 0.2) is 30.3 Å². The van der Waals surface area contributed by atoms with Crippen LogP contribution in [0.1, 0.15) is 29.2 Å². The lowest BCUT2D eigenvalue weighted by Crippen LogP contribution is -2.07. The van der Waals surface area contributed by atoms with Gasteiger partial charge in [-0.1, -0.05) is 12.1 Å². The number of halogens is 1. The fraction of sp³-hybridized carbons (Fsp3) is 0.278. The Labute approximate surface area is 144 Å². The molecule has 2 aromatic rings. The first-order valence-corrected chi connectivity index (χ1v) is 8.13. The van der Waals surface area contributed by atoms with Crippen LogP contribution < -0.4 is 9.47 Å². The first kappa shape index (κ1) is 16.8. The van der Waals surface area contributed by atoms with E-state index < -0.39 is 0 Å². The molecule has 0 fully saturated rings. The smallest absolute Gasteiger partial charge is 0.308 e. The van der Waals surface area contributed by atoms with Gasteiger partial charge >= 0.3 is 5.97 Å². The van der Waals surface area contributed by atoms with Crippen LogP contribution in [0.4, 0.5) is 0 Å². The van der Waals surface area contributed by atoms with E-state index in [1.807, 2.05) is 25.1 Å². The summed E-state index contributed by atoms with van der Waals surface area (Å²) in [6, 6.07) is 9.79. The van der Waals surface area contributed by atoms with Crippen molar-refractivity contribution < 1.29 is 14.3 Å². The molecule has 3 nitrogen and oxygen atoms in total. The highest BCUT2D eigenvalue weighted by Crippen LogP contribution is 2.28. The van der Waals surface area contributed by atoms with Gasteiger partial charge in [0.05, 0.1) is 0 Å². The van der Waals surface area contributed by atoms with Crippen molar-refractivity contribution in [3.8, 4) is 11.5 Å². The molecule has 0 radical (unpaired) electrons. The van der Waals surface area contributed by atoms with Crippen molar-refractivity contribution in [2.45, 2.75) is 34.3 Å². The summed E-state index contributed by atoms with van der Waals surface area (Å²) in [6.07, 6.45) is 0. The lowest BCUT2D eigenvalue weighted by Gasteiger charge is -2.15. The summed E-state index contributed by atoms with van der Waals surface area (Å²) in [4.78, 5) is 11.2. The lowest BCUT2D eigenvalue weighted by atomic mass is 10.1. The quantitative estimate of drug-likeness (QED) is 0.416. The Hall–Kier alpha value is -1.56. The van der Waals surface area contributed by atoms with Crippen LogP contribution in [-0.4, -0.2) is 5.97 Å². The Kier molecular flexibility index (Phi) is 5.45. The SMILES string of the molecule is CC(=O)Oc1cccc(I)c1COc1cc(C)c(C)cc1C. The van der Waals surface area contributed by atoms with Gasteiger partial charge in [0.2, 0.25) is 0 Å². The Morgan fingerprint density at radius 2 is 1.73 bits per heavy atom. The minimum absolute atomic E-state index is 0.328. The van der Waals surface area contributed by atoms with Crippen LogP contribution in [0.3, 0.4) is 0 Å². The van der Waals surface area contributed by atoms with Gasteiger partial charge in [-0.25, -0.2) is 0 Å². The summed E-state index contributed by atoms with van der Waals surface area (Å²) in [5.74, 6) is 1.09. The molecule has 0 aliphatic carbocycles. The van der Waals surface area contributed by atoms with Crippen LogP contribution in [0, 0.1) is 24.3 Å². The predicted molar refractivity (Wildman–Crippen MR) is 95.5 cm³/mol. The number of rotatable bonds is 4. The van der Waals surface area contributed by atoms with Crippen molar-refractivity contribution in [2.75, 3.05) is 0 Å². The maximum absolute atomic E-state index is 11.2. The molecular formula is C18H19IO3. The Bertz CT molecular complexity index is 708. The number of esters is 1. The maximum atomic E-state index is 11.2. The zero-order valence-electron chi connectivity index (χ0n) is 13.2. The molecule has 0 saturated carbocycles. The highest BCUT2D eigenvalue weighted by molar-refractivity contribution is 14.1. The second kappa shape index (κ2) is 7.13. The Balaban J connectivity index is 2.25. The normalized spacial score (nSPS) is 10.4. The van der Waals surface area contributed by atoms with E-state index in [1.165, 1.54) is 18.1 Å². The summed E-state index contributed by atoms with van der Waals surface area (Å²) in [5, 5.41) is 0. The number of benzene rings is 2. The summed E-state index contributed by atoms with van der Waals surface area (Å²) in [5.41, 5.74) is 4.43. The second-order valence-corrected chi connectivity index (χ2v) is 6.46. The van der Waals surface area contributed by atoms with Gasteiger partial charge < -0.3 is 9.47 Å². The topological polar surface area (TPSA) is 35.5 Å². The van der Waals surface area contributed by atoms with Gasteiger partial charge in [0.1, 0.15) is 18.1 Å². The zero-order chi connectivity index (χ0) is 16.3. The van der Waals surface area contributed by atoms with Crippen molar-refractivity contribution in [3.05, 3.63) is 56.2 Å². The molecule has 2 aromatic carbocycles. The molecule has 0 bridgehead atoms. The number of carbonyl (C=O) groups is 1. The van der Waals surface area contributed by atoms with E-state index in [0.717, 1.165) is 20.4 Å². The van der Waals surface area contributed by atoms with E-state index in [-0.39, 0.29) is 5.97 Å². The fourth-order valence-electron chi connectivity index (χ4n) is 2.17. The fourth-order valence-corrected chi connectivity index (χ4v) is 2.80. The molecule has 0 aliphatic heterocycles. The van der Waals surface area contributed by atoms with Crippen LogP contribution in [0.5, 0.6) is 11.5 Å². The third-order valence-corrected chi connectivity index (χ3v) is 4.50. The Morgan fingerprint density at radius 3 is 2.41 bits per heavy atom. The van der Waals surface area contributed by atoms with E-state index in [2.05, 4.69) is 42.5 Å². The first-order chi connectivity index (χ1) is 10.4. The zero-order valence-corrected chi connectivity index (χ0v) is 15.4. The highest BCUT2D eigenvalue weighted by atomic mass is 127. The van der Waals surface area contributed by atoms with Gasteiger partial charge in [-0.05, 0) is 78.3 Å². The minimum Gasteiger partial charge on any atom is -0.488 e. The lowest BCUT2D eigenvalue weighted by molar-refractivity contribution is -0.131. The van der Waals surface area contributed by atoms with Crippen LogP contribution in [-0.2, 0) is 11.4 Å². The average Bonchev–Trinajstić information content (AvgIpc) is 2.43. The van der Waals surface area contributed by atoms with E-state index in [1.54, 1.807) is 6.07 Å². The van der Waals surface area contributed by atoms with E-state index in [4.69, 9.17) is 9.47 Å². The third kappa shape index (κ3) is 4.00. The molecule has 2 rings (SSSR count). The summed E-state index contributed by atoms with van der Waals surface area (Å²) < 4.78 is 12.2. The standard InChI is InChI=1S/C18H19IO3/c1-11-8-13(3)18(9-12(11)2)21-10-15-16(19)6-5-7-17(15)22-14(4)20/h5-9H,10H2,1-4H3. The maximum Gasteiger partial charge on any atom is 0.308 e. The van der Waals surface area contributed by atoms with Gasteiger partial charge in [-0.2, -0.15) is 0 Å². The number of aryl methyl sites for hydroxylation is 3. The van der Waals surface area contributed by atoms with Crippen LogP contribution in [0.25, 0.3) is 0 Å². The first-order valence-electron chi connectivity index (χ1n) is 7.05. The van der Waals surface area contributed by atoms with Gasteiger partial charge in [-0.3, -0.25) is 4.79 Å². The number of hydrogen-bond acceptors (Lipinski definition) is 3. The molecule has 0 N–H and O–H groups in total. The van der Waals surface area contributed by atoms with Crippen molar-refractivity contribution in [1.29, 1.82) is 0 Å². The third-order valence-electron chi connectivity index (χ3n) is 3.49. The molecule has 116 valence electrons. The number of hydrogen-bond donors (Lipinski definition) is 0. The molecule has 0 aliphatic rings. The number of carbonyl (C=O) groups excluding carboxylic acids is 1. The van der Waals surface area contributed by atoms with Gasteiger partial charge in [0.25, 0.3) is 0 Å². The number of ether oxygens (including phenoxy) is 2. The minimum atomic E-state index is -0.328. The van der Waals surface area contributed by atoms with Crippen molar-refractivity contribution in [3.63, 3.8) is 0 Å². The van der Waals surface area contributed by atoms with Crippen molar-refractivity contribution in [2.24, 2.45) is 0 Å². The second-order valence-electron chi connectivity index (χ2n) is 5.30. The van der Waals surface area contributed by atoms with E-state index in [0.29, 0.717) is 12.4 Å². The van der Waals surface area contributed by atoms with Gasteiger partial charge in [-0.15, -0.1) is 0 Å². The summed E-state index contributed by atoms with van der Waals surface area (Å²) in [7, 11) is 0. The highest BCUT2D eigenvalue weighted by Gasteiger charge is 2.12. The molecule has 0 spiro atoms. The predicted octanol–water partition coefficient (Wildman–Crippen LogP) is 4.72. The molecule has 0 aromatic heterocycles. The molecular weight excluding hydrogens is 391 g/mol. The Morgan fingerprint density at radius 1 is 1.05 bits per heavy atom.